The van der Waals surface area contributed by atoms with Crippen LogP contribution in [-0.4, -0.2) is 16.8 Å². The normalized spacial score (nSPS) is 10.5. The van der Waals surface area contributed by atoms with Gasteiger partial charge in [0.25, 0.3) is 5.91 Å². The summed E-state index contributed by atoms with van der Waals surface area (Å²) in [7, 11) is 0. The van der Waals surface area contributed by atoms with Crippen molar-refractivity contribution in [1.82, 2.24) is 4.98 Å². The van der Waals surface area contributed by atoms with Crippen LogP contribution >= 0.6 is 22.9 Å². The number of hydrogen-bond donors (Lipinski definition) is 2. The summed E-state index contributed by atoms with van der Waals surface area (Å²) >= 11 is 7.59. The Balaban J connectivity index is 1.82. The van der Waals surface area contributed by atoms with E-state index in [4.69, 9.17) is 17.3 Å². The van der Waals surface area contributed by atoms with Gasteiger partial charge in [-0.05, 0) is 48.7 Å². The molecule has 2 aromatic heterocycles. The molecule has 3 N–H and O–H groups in total. The fourth-order valence-corrected chi connectivity index (χ4v) is 3.32. The van der Waals surface area contributed by atoms with Crippen molar-refractivity contribution < 1.29 is 9.59 Å². The molecule has 0 aliphatic carbocycles. The second kappa shape index (κ2) is 7.04. The molecular weight excluding hydrogens is 358 g/mol. The summed E-state index contributed by atoms with van der Waals surface area (Å²) in [5.74, 6) is -0.919. The van der Waals surface area contributed by atoms with E-state index in [0.717, 1.165) is 10.6 Å². The maximum absolute atomic E-state index is 12.5. The summed E-state index contributed by atoms with van der Waals surface area (Å²) < 4.78 is 0. The third kappa shape index (κ3) is 3.70. The molecule has 25 heavy (non-hydrogen) atoms. The third-order valence-corrected chi connectivity index (χ3v) is 4.80. The van der Waals surface area contributed by atoms with Crippen molar-refractivity contribution in [2.24, 2.45) is 5.73 Å². The Morgan fingerprint density at radius 1 is 1.16 bits per heavy atom. The highest BCUT2D eigenvalue weighted by atomic mass is 35.5. The van der Waals surface area contributed by atoms with Crippen molar-refractivity contribution in [3.05, 3.63) is 69.7 Å². The zero-order valence-electron chi connectivity index (χ0n) is 13.2. The SMILES string of the molecule is Cc1nc(-c2cccs2)ccc1C(=O)Nc1ccc(C(N)=O)c(Cl)c1. The summed E-state index contributed by atoms with van der Waals surface area (Å²) in [4.78, 5) is 29.2. The van der Waals surface area contributed by atoms with Gasteiger partial charge < -0.3 is 11.1 Å². The number of amides is 2. The van der Waals surface area contributed by atoms with Gasteiger partial charge in [-0.25, -0.2) is 0 Å². The van der Waals surface area contributed by atoms with Crippen LogP contribution in [0.15, 0.2) is 47.8 Å². The van der Waals surface area contributed by atoms with E-state index in [1.807, 2.05) is 23.6 Å². The number of rotatable bonds is 4. The summed E-state index contributed by atoms with van der Waals surface area (Å²) in [6.07, 6.45) is 0. The molecule has 5 nitrogen and oxygen atoms in total. The van der Waals surface area contributed by atoms with Gasteiger partial charge in [0.15, 0.2) is 0 Å². The van der Waals surface area contributed by atoms with E-state index in [1.54, 1.807) is 30.4 Å². The van der Waals surface area contributed by atoms with Gasteiger partial charge in [0.05, 0.1) is 32.4 Å². The summed E-state index contributed by atoms with van der Waals surface area (Å²) in [5.41, 5.74) is 7.82. The average molecular weight is 372 g/mol. The average Bonchev–Trinajstić information content (AvgIpc) is 3.08. The zero-order valence-corrected chi connectivity index (χ0v) is 14.8. The van der Waals surface area contributed by atoms with Crippen molar-refractivity contribution in [2.45, 2.75) is 6.92 Å². The number of primary amides is 1. The molecule has 0 fully saturated rings. The van der Waals surface area contributed by atoms with Crippen LogP contribution < -0.4 is 11.1 Å². The van der Waals surface area contributed by atoms with Crippen molar-refractivity contribution in [1.29, 1.82) is 0 Å². The lowest BCUT2D eigenvalue weighted by Crippen LogP contribution is -2.15. The topological polar surface area (TPSA) is 85.1 Å². The highest BCUT2D eigenvalue weighted by Crippen LogP contribution is 2.25. The van der Waals surface area contributed by atoms with E-state index in [2.05, 4.69) is 10.3 Å². The number of pyridine rings is 1. The number of carbonyl (C=O) groups is 2. The van der Waals surface area contributed by atoms with Gasteiger partial charge in [0.1, 0.15) is 0 Å². The lowest BCUT2D eigenvalue weighted by molar-refractivity contribution is 0.0998. The number of carbonyl (C=O) groups excluding carboxylic acids is 2. The van der Waals surface area contributed by atoms with Crippen molar-refractivity contribution >= 4 is 40.4 Å². The van der Waals surface area contributed by atoms with E-state index < -0.39 is 5.91 Å². The fourth-order valence-electron chi connectivity index (χ4n) is 2.35. The summed E-state index contributed by atoms with van der Waals surface area (Å²) in [5, 5.41) is 4.91. The third-order valence-electron chi connectivity index (χ3n) is 3.60. The number of nitrogens with one attached hydrogen (secondary N) is 1. The Kier molecular flexibility index (Phi) is 4.83. The van der Waals surface area contributed by atoms with Gasteiger partial charge >= 0.3 is 0 Å². The smallest absolute Gasteiger partial charge is 0.257 e. The first-order valence-corrected chi connectivity index (χ1v) is 8.63. The minimum Gasteiger partial charge on any atom is -0.366 e. The van der Waals surface area contributed by atoms with Crippen LogP contribution in [0.25, 0.3) is 10.6 Å². The van der Waals surface area contributed by atoms with Gasteiger partial charge in [0, 0.05) is 5.69 Å². The standard InChI is InChI=1S/C18H14ClN3O2S/c1-10-12(6-7-15(21-10)16-3-2-8-25-16)18(24)22-11-4-5-13(17(20)23)14(19)9-11/h2-9H,1H3,(H2,20,23)(H,22,24). The first-order chi connectivity index (χ1) is 12.0. The molecule has 0 aliphatic rings. The van der Waals surface area contributed by atoms with Gasteiger partial charge in [-0.1, -0.05) is 17.7 Å². The van der Waals surface area contributed by atoms with Crippen LogP contribution in [0.4, 0.5) is 5.69 Å². The van der Waals surface area contributed by atoms with Crippen LogP contribution in [0.5, 0.6) is 0 Å². The molecule has 0 saturated heterocycles. The molecule has 0 spiro atoms. The molecule has 0 aliphatic heterocycles. The molecule has 7 heteroatoms. The van der Waals surface area contributed by atoms with Crippen molar-refractivity contribution in [3.8, 4) is 10.6 Å². The number of aromatic nitrogens is 1. The number of halogens is 1. The molecule has 0 atom stereocenters. The Morgan fingerprint density at radius 2 is 1.92 bits per heavy atom. The Morgan fingerprint density at radius 3 is 2.52 bits per heavy atom. The monoisotopic (exact) mass is 371 g/mol. The number of nitrogens with two attached hydrogens (primary N) is 1. The summed E-state index contributed by atoms with van der Waals surface area (Å²) in [6.45, 7) is 1.79. The minimum atomic E-state index is -0.618. The summed E-state index contributed by atoms with van der Waals surface area (Å²) in [6, 6.07) is 12.0. The predicted molar refractivity (Wildman–Crippen MR) is 100 cm³/mol. The van der Waals surface area contributed by atoms with Crippen LogP contribution in [0.1, 0.15) is 26.4 Å². The highest BCUT2D eigenvalue weighted by molar-refractivity contribution is 7.13. The molecule has 0 bridgehead atoms. The van der Waals surface area contributed by atoms with E-state index in [0.29, 0.717) is 16.9 Å². The van der Waals surface area contributed by atoms with Crippen LogP contribution in [0, 0.1) is 6.92 Å². The number of anilines is 1. The molecule has 3 rings (SSSR count). The number of hydrogen-bond acceptors (Lipinski definition) is 4. The molecule has 3 aromatic rings. The maximum atomic E-state index is 12.5. The number of aryl methyl sites for hydroxylation is 1. The second-order valence-electron chi connectivity index (χ2n) is 5.32. The fraction of sp³-hybridized carbons (Fsp3) is 0.0556. The van der Waals surface area contributed by atoms with Crippen LogP contribution in [-0.2, 0) is 0 Å². The van der Waals surface area contributed by atoms with Crippen molar-refractivity contribution in [2.75, 3.05) is 5.32 Å². The zero-order chi connectivity index (χ0) is 18.0. The molecule has 0 radical (unpaired) electrons. The Hall–Kier alpha value is -2.70. The lowest BCUT2D eigenvalue weighted by atomic mass is 10.1. The highest BCUT2D eigenvalue weighted by Gasteiger charge is 2.14. The number of nitrogens with zero attached hydrogens (tertiary/aromatic N) is 1. The van der Waals surface area contributed by atoms with Gasteiger partial charge in [-0.3, -0.25) is 14.6 Å². The van der Waals surface area contributed by atoms with E-state index >= 15 is 0 Å². The van der Waals surface area contributed by atoms with Crippen LogP contribution in [0.2, 0.25) is 5.02 Å². The molecule has 126 valence electrons. The lowest BCUT2D eigenvalue weighted by Gasteiger charge is -2.09. The van der Waals surface area contributed by atoms with E-state index in [9.17, 15) is 9.59 Å². The van der Waals surface area contributed by atoms with Gasteiger partial charge in [0.2, 0.25) is 5.91 Å². The van der Waals surface area contributed by atoms with Crippen LogP contribution in [0.3, 0.4) is 0 Å². The molecule has 1 aromatic carbocycles. The second-order valence-corrected chi connectivity index (χ2v) is 6.67. The Bertz CT molecular complexity index is 955. The maximum Gasteiger partial charge on any atom is 0.257 e. The van der Waals surface area contributed by atoms with Crippen molar-refractivity contribution in [3.63, 3.8) is 0 Å². The van der Waals surface area contributed by atoms with Gasteiger partial charge in [-0.15, -0.1) is 11.3 Å². The van der Waals surface area contributed by atoms with E-state index in [1.165, 1.54) is 12.1 Å². The first-order valence-electron chi connectivity index (χ1n) is 7.38. The minimum absolute atomic E-state index is 0.188. The molecule has 2 amide bonds. The largest absolute Gasteiger partial charge is 0.366 e. The van der Waals surface area contributed by atoms with E-state index in [-0.39, 0.29) is 16.5 Å². The predicted octanol–water partition coefficient (Wildman–Crippen LogP) is 4.12. The molecular formula is C18H14ClN3O2S. The van der Waals surface area contributed by atoms with Gasteiger partial charge in [-0.2, -0.15) is 0 Å². The molecule has 0 saturated carbocycles. The first kappa shape index (κ1) is 17.1. The Labute approximate surface area is 153 Å². The number of benzene rings is 1. The molecule has 2 heterocycles. The molecule has 0 unspecified atom stereocenters. The number of thiophene rings is 1. The quantitative estimate of drug-likeness (QED) is 0.723.